The number of carbonyl (C=O) groups excluding carboxylic acids is 1. The van der Waals surface area contributed by atoms with Gasteiger partial charge in [0.25, 0.3) is 0 Å². The number of aryl methyl sites for hydroxylation is 1. The van der Waals surface area contributed by atoms with Gasteiger partial charge in [0.15, 0.2) is 0 Å². The van der Waals surface area contributed by atoms with Crippen LogP contribution in [0.2, 0.25) is 0 Å². The number of nitrogens with zero attached hydrogens (tertiary/aromatic N) is 1. The zero-order chi connectivity index (χ0) is 21.7. The molecule has 0 atom stereocenters. The fraction of sp³-hybridized carbons (Fsp3) is 0.381. The largest absolute Gasteiger partial charge is 0.492 e. The number of hydrogen-bond donors (Lipinski definition) is 1. The first-order valence-electron chi connectivity index (χ1n) is 9.70. The Hall–Kier alpha value is -2.52. The van der Waals surface area contributed by atoms with Gasteiger partial charge in [-0.2, -0.15) is 4.31 Å². The average Bonchev–Trinajstić information content (AvgIpc) is 2.74. The molecule has 1 aliphatic rings. The highest BCUT2D eigenvalue weighted by molar-refractivity contribution is 7.89. The lowest BCUT2D eigenvalue weighted by Gasteiger charge is -2.30. The van der Waals surface area contributed by atoms with Crippen LogP contribution in [0, 0.1) is 24.5 Å². The number of sulfonamides is 1. The van der Waals surface area contributed by atoms with Crippen molar-refractivity contribution in [2.24, 2.45) is 5.92 Å². The summed E-state index contributed by atoms with van der Waals surface area (Å²) < 4.78 is 59.1. The molecular weight excluding hydrogens is 414 g/mol. The number of rotatable bonds is 7. The first-order valence-corrected chi connectivity index (χ1v) is 11.1. The summed E-state index contributed by atoms with van der Waals surface area (Å²) >= 11 is 0. The molecule has 0 saturated carbocycles. The smallest absolute Gasteiger partial charge is 0.246 e. The number of ether oxygens (including phenoxy) is 1. The van der Waals surface area contributed by atoms with Crippen LogP contribution >= 0.6 is 0 Å². The quantitative estimate of drug-likeness (QED) is 0.675. The highest BCUT2D eigenvalue weighted by atomic mass is 32.2. The van der Waals surface area contributed by atoms with Crippen molar-refractivity contribution < 1.29 is 26.7 Å². The maximum absolute atomic E-state index is 13.9. The second-order valence-electron chi connectivity index (χ2n) is 7.21. The van der Waals surface area contributed by atoms with Crippen molar-refractivity contribution in [1.29, 1.82) is 0 Å². The van der Waals surface area contributed by atoms with Gasteiger partial charge in [-0.3, -0.25) is 4.79 Å². The van der Waals surface area contributed by atoms with Gasteiger partial charge >= 0.3 is 0 Å². The Kier molecular flexibility index (Phi) is 7.04. The van der Waals surface area contributed by atoms with E-state index in [-0.39, 0.29) is 24.9 Å². The summed E-state index contributed by atoms with van der Waals surface area (Å²) in [7, 11) is -4.15. The molecule has 6 nitrogen and oxygen atoms in total. The van der Waals surface area contributed by atoms with E-state index in [1.165, 1.54) is 0 Å². The van der Waals surface area contributed by atoms with Gasteiger partial charge in [0, 0.05) is 19.0 Å². The van der Waals surface area contributed by atoms with Crippen LogP contribution in [0.1, 0.15) is 18.4 Å². The van der Waals surface area contributed by atoms with Crippen LogP contribution in [0.4, 0.5) is 8.78 Å². The highest BCUT2D eigenvalue weighted by Crippen LogP contribution is 2.26. The molecule has 0 spiro atoms. The second kappa shape index (κ2) is 9.53. The summed E-state index contributed by atoms with van der Waals surface area (Å²) in [5.41, 5.74) is 1.13. The molecule has 9 heteroatoms. The highest BCUT2D eigenvalue weighted by Gasteiger charge is 2.33. The Balaban J connectivity index is 1.47. The second-order valence-corrected chi connectivity index (χ2v) is 9.11. The lowest BCUT2D eigenvalue weighted by molar-refractivity contribution is -0.126. The van der Waals surface area contributed by atoms with Crippen LogP contribution in [0.5, 0.6) is 5.75 Å². The van der Waals surface area contributed by atoms with Crippen LogP contribution in [-0.2, 0) is 14.8 Å². The average molecular weight is 438 g/mol. The number of hydrogen-bond acceptors (Lipinski definition) is 4. The van der Waals surface area contributed by atoms with Crippen molar-refractivity contribution >= 4 is 15.9 Å². The number of carbonyl (C=O) groups is 1. The minimum Gasteiger partial charge on any atom is -0.492 e. The van der Waals surface area contributed by atoms with Gasteiger partial charge in [-0.05, 0) is 50.1 Å². The Morgan fingerprint density at radius 1 is 1.13 bits per heavy atom. The maximum Gasteiger partial charge on any atom is 0.246 e. The molecule has 1 aliphatic heterocycles. The predicted octanol–water partition coefficient (Wildman–Crippen LogP) is 2.87. The Bertz CT molecular complexity index is 989. The molecule has 1 N–H and O–H groups in total. The van der Waals surface area contributed by atoms with E-state index in [0.29, 0.717) is 32.1 Å². The third-order valence-corrected chi connectivity index (χ3v) is 6.94. The Morgan fingerprint density at radius 3 is 2.47 bits per heavy atom. The van der Waals surface area contributed by atoms with Crippen molar-refractivity contribution in [2.45, 2.75) is 24.7 Å². The molecule has 1 saturated heterocycles. The van der Waals surface area contributed by atoms with Crippen molar-refractivity contribution in [3.05, 3.63) is 59.7 Å². The number of amides is 1. The number of nitrogens with one attached hydrogen (secondary N) is 1. The molecule has 1 amide bonds. The van der Waals surface area contributed by atoms with E-state index in [1.807, 2.05) is 31.2 Å². The third kappa shape index (κ3) is 5.34. The van der Waals surface area contributed by atoms with E-state index in [4.69, 9.17) is 4.74 Å². The van der Waals surface area contributed by atoms with Crippen molar-refractivity contribution in [3.8, 4) is 5.75 Å². The lowest BCUT2D eigenvalue weighted by Crippen LogP contribution is -2.43. The SMILES string of the molecule is Cc1ccc(OCCNC(=O)C2CCN(S(=O)(=O)c3cc(F)ccc3F)CC2)cc1. The molecule has 0 radical (unpaired) electrons. The molecule has 2 aromatic rings. The zero-order valence-electron chi connectivity index (χ0n) is 16.6. The summed E-state index contributed by atoms with van der Waals surface area (Å²) in [5, 5.41) is 2.79. The number of benzene rings is 2. The maximum atomic E-state index is 13.9. The topological polar surface area (TPSA) is 75.7 Å². The van der Waals surface area contributed by atoms with E-state index in [9.17, 15) is 22.0 Å². The summed E-state index contributed by atoms with van der Waals surface area (Å²) in [6, 6.07) is 9.92. The third-order valence-electron chi connectivity index (χ3n) is 5.03. The van der Waals surface area contributed by atoms with Gasteiger partial charge in [-0.25, -0.2) is 17.2 Å². The van der Waals surface area contributed by atoms with Crippen molar-refractivity contribution in [3.63, 3.8) is 0 Å². The summed E-state index contributed by atoms with van der Waals surface area (Å²) in [6.45, 7) is 2.77. The monoisotopic (exact) mass is 438 g/mol. The van der Waals surface area contributed by atoms with Gasteiger partial charge in [-0.15, -0.1) is 0 Å². The van der Waals surface area contributed by atoms with Gasteiger partial charge < -0.3 is 10.1 Å². The van der Waals surface area contributed by atoms with Crippen LogP contribution in [-0.4, -0.2) is 44.9 Å². The zero-order valence-corrected chi connectivity index (χ0v) is 17.4. The molecule has 2 aromatic carbocycles. The van der Waals surface area contributed by atoms with Crippen molar-refractivity contribution in [2.75, 3.05) is 26.2 Å². The molecule has 0 bridgehead atoms. The number of halogens is 2. The van der Waals surface area contributed by atoms with Crippen LogP contribution < -0.4 is 10.1 Å². The van der Waals surface area contributed by atoms with E-state index < -0.39 is 26.6 Å². The van der Waals surface area contributed by atoms with Crippen LogP contribution in [0.15, 0.2) is 47.4 Å². The molecule has 0 aliphatic carbocycles. The summed E-state index contributed by atoms with van der Waals surface area (Å²) in [5.74, 6) is -1.61. The molecule has 162 valence electrons. The van der Waals surface area contributed by atoms with E-state index >= 15 is 0 Å². The minimum absolute atomic E-state index is 0.0657. The molecule has 0 aromatic heterocycles. The van der Waals surface area contributed by atoms with Crippen LogP contribution in [0.25, 0.3) is 0 Å². The van der Waals surface area contributed by atoms with E-state index in [2.05, 4.69) is 5.32 Å². The van der Waals surface area contributed by atoms with Gasteiger partial charge in [0.2, 0.25) is 15.9 Å². The summed E-state index contributed by atoms with van der Waals surface area (Å²) in [6.07, 6.45) is 0.613. The Labute approximate surface area is 174 Å². The first-order chi connectivity index (χ1) is 14.3. The first kappa shape index (κ1) is 22.2. The minimum atomic E-state index is -4.15. The normalized spacial score (nSPS) is 15.7. The number of piperidine rings is 1. The van der Waals surface area contributed by atoms with Crippen LogP contribution in [0.3, 0.4) is 0 Å². The fourth-order valence-corrected chi connectivity index (χ4v) is 4.84. The molecular formula is C21H24F2N2O4S. The van der Waals surface area contributed by atoms with E-state index in [0.717, 1.165) is 27.8 Å². The molecule has 30 heavy (non-hydrogen) atoms. The van der Waals surface area contributed by atoms with Gasteiger partial charge in [0.05, 0.1) is 6.54 Å². The molecule has 1 fully saturated rings. The van der Waals surface area contributed by atoms with Crippen molar-refractivity contribution in [1.82, 2.24) is 9.62 Å². The van der Waals surface area contributed by atoms with E-state index in [1.54, 1.807) is 0 Å². The standard InChI is InChI=1S/C21H24F2N2O4S/c1-15-2-5-18(6-3-15)29-13-10-24-21(26)16-8-11-25(12-9-16)30(27,28)20-14-17(22)4-7-19(20)23/h2-7,14,16H,8-13H2,1H3,(H,24,26). The van der Waals surface area contributed by atoms with Gasteiger partial charge in [-0.1, -0.05) is 17.7 Å². The molecule has 3 rings (SSSR count). The summed E-state index contributed by atoms with van der Waals surface area (Å²) in [4.78, 5) is 11.7. The predicted molar refractivity (Wildman–Crippen MR) is 108 cm³/mol. The molecule has 1 heterocycles. The lowest BCUT2D eigenvalue weighted by atomic mass is 9.97. The Morgan fingerprint density at radius 2 is 1.80 bits per heavy atom. The van der Waals surface area contributed by atoms with Gasteiger partial charge in [0.1, 0.15) is 28.9 Å². The molecule has 0 unspecified atom stereocenters. The fourth-order valence-electron chi connectivity index (χ4n) is 3.29.